The number of pyridine rings is 1. The Morgan fingerprint density at radius 1 is 1.00 bits per heavy atom. The number of benzene rings is 2. The minimum atomic E-state index is 0.224. The van der Waals surface area contributed by atoms with Crippen LogP contribution in [0.15, 0.2) is 60.8 Å². The predicted octanol–water partition coefficient (Wildman–Crippen LogP) is 4.13. The molecule has 2 aromatic carbocycles. The first-order chi connectivity index (χ1) is 13.8. The van der Waals surface area contributed by atoms with Crippen molar-refractivity contribution in [1.29, 1.82) is 0 Å². The van der Waals surface area contributed by atoms with Gasteiger partial charge in [0.1, 0.15) is 11.3 Å². The zero-order valence-corrected chi connectivity index (χ0v) is 15.3. The van der Waals surface area contributed by atoms with Crippen LogP contribution in [0.3, 0.4) is 0 Å². The predicted molar refractivity (Wildman–Crippen MR) is 107 cm³/mol. The summed E-state index contributed by atoms with van der Waals surface area (Å²) in [6.07, 6.45) is 1.98. The van der Waals surface area contributed by atoms with Gasteiger partial charge in [0.2, 0.25) is 6.79 Å². The number of hydrogen-bond acceptors (Lipinski definition) is 5. The Morgan fingerprint density at radius 3 is 2.86 bits per heavy atom. The average Bonchev–Trinajstić information content (AvgIpc) is 3.44. The third-order valence-electron chi connectivity index (χ3n) is 4.86. The molecule has 5 aromatic rings. The monoisotopic (exact) mass is 387 g/mol. The van der Waals surface area contributed by atoms with Crippen molar-refractivity contribution in [2.45, 2.75) is 0 Å². The number of nitrogens with zero attached hydrogens (tertiary/aromatic N) is 4. The lowest BCUT2D eigenvalue weighted by Gasteiger charge is -2.06. The number of hydrogen-bond donors (Lipinski definition) is 1. The summed E-state index contributed by atoms with van der Waals surface area (Å²) in [5, 5.41) is 8.45. The molecule has 0 amide bonds. The van der Waals surface area contributed by atoms with Crippen molar-refractivity contribution in [3.8, 4) is 28.7 Å². The Kier molecular flexibility index (Phi) is 3.12. The van der Waals surface area contributed by atoms with Crippen LogP contribution < -0.4 is 9.47 Å². The molecule has 0 bridgehead atoms. The van der Waals surface area contributed by atoms with Crippen molar-refractivity contribution in [1.82, 2.24) is 24.1 Å². The van der Waals surface area contributed by atoms with Crippen LogP contribution in [-0.4, -0.2) is 30.9 Å². The van der Waals surface area contributed by atoms with Crippen molar-refractivity contribution in [3.05, 3.63) is 65.6 Å². The molecule has 0 saturated carbocycles. The summed E-state index contributed by atoms with van der Waals surface area (Å²) in [5.41, 5.74) is 3.49. The second-order valence-corrected chi connectivity index (χ2v) is 6.86. The van der Waals surface area contributed by atoms with Gasteiger partial charge in [-0.25, -0.2) is 4.98 Å². The molecule has 0 spiro atoms. The van der Waals surface area contributed by atoms with Crippen LogP contribution in [0, 0.1) is 4.77 Å². The fourth-order valence-corrected chi connectivity index (χ4v) is 3.80. The van der Waals surface area contributed by atoms with Crippen molar-refractivity contribution < 1.29 is 9.47 Å². The second-order valence-electron chi connectivity index (χ2n) is 6.47. The summed E-state index contributed by atoms with van der Waals surface area (Å²) in [6.45, 7) is 0.224. The van der Waals surface area contributed by atoms with Crippen LogP contribution in [0.25, 0.3) is 33.8 Å². The highest BCUT2D eigenvalue weighted by Crippen LogP contribution is 2.34. The maximum atomic E-state index is 5.50. The number of rotatable bonds is 2. The molecule has 1 aliphatic rings. The number of H-pyrrole nitrogens is 1. The van der Waals surface area contributed by atoms with Crippen LogP contribution in [0.5, 0.6) is 11.5 Å². The number of aromatic amines is 1. The van der Waals surface area contributed by atoms with E-state index < -0.39 is 0 Å². The molecule has 0 radical (unpaired) electrons. The third-order valence-corrected chi connectivity index (χ3v) is 5.13. The van der Waals surface area contributed by atoms with Gasteiger partial charge < -0.3 is 9.47 Å². The minimum absolute atomic E-state index is 0.224. The van der Waals surface area contributed by atoms with E-state index in [1.165, 1.54) is 0 Å². The topological polar surface area (TPSA) is 69.4 Å². The Hall–Kier alpha value is -3.65. The van der Waals surface area contributed by atoms with E-state index in [0.717, 1.165) is 33.7 Å². The maximum absolute atomic E-state index is 5.50. The fraction of sp³-hybridized carbons (Fsp3) is 0.0500. The summed E-state index contributed by atoms with van der Waals surface area (Å²) in [5.74, 6) is 2.05. The lowest BCUT2D eigenvalue weighted by Crippen LogP contribution is -1.98. The Morgan fingerprint density at radius 2 is 1.89 bits per heavy atom. The van der Waals surface area contributed by atoms with Crippen molar-refractivity contribution in [2.24, 2.45) is 0 Å². The van der Waals surface area contributed by atoms with E-state index in [4.69, 9.17) is 26.7 Å². The van der Waals surface area contributed by atoms with Gasteiger partial charge in [0.05, 0.1) is 11.2 Å². The largest absolute Gasteiger partial charge is 0.454 e. The van der Waals surface area contributed by atoms with Gasteiger partial charge in [0.15, 0.2) is 22.1 Å². The van der Waals surface area contributed by atoms with E-state index in [-0.39, 0.29) is 6.79 Å². The number of ether oxygens (including phenoxy) is 2. The van der Waals surface area contributed by atoms with Crippen LogP contribution in [0.2, 0.25) is 0 Å². The molecule has 8 heteroatoms. The molecule has 0 fully saturated rings. The van der Waals surface area contributed by atoms with Gasteiger partial charge in [-0.1, -0.05) is 18.2 Å². The molecule has 6 rings (SSSR count). The molecule has 1 aliphatic heterocycles. The lowest BCUT2D eigenvalue weighted by molar-refractivity contribution is 0.174. The van der Waals surface area contributed by atoms with E-state index in [9.17, 15) is 0 Å². The van der Waals surface area contributed by atoms with Crippen LogP contribution in [0.1, 0.15) is 0 Å². The Bertz CT molecular complexity index is 1430. The minimum Gasteiger partial charge on any atom is -0.454 e. The van der Waals surface area contributed by atoms with Crippen LogP contribution in [-0.2, 0) is 0 Å². The normalized spacial score (nSPS) is 12.9. The SMILES string of the molecule is S=c1[nH]nc(-c2cn3c(ccc4ccccc43)n2)n1-c1ccc2c(c1)OCO2. The first kappa shape index (κ1) is 15.4. The first-order valence-electron chi connectivity index (χ1n) is 8.73. The number of fused-ring (bicyclic) bond motifs is 4. The summed E-state index contributed by atoms with van der Waals surface area (Å²) in [4.78, 5) is 4.76. The quantitative estimate of drug-likeness (QED) is 0.461. The van der Waals surface area contributed by atoms with Crippen molar-refractivity contribution in [2.75, 3.05) is 6.79 Å². The lowest BCUT2D eigenvalue weighted by atomic mass is 10.2. The summed E-state index contributed by atoms with van der Waals surface area (Å²) in [6, 6.07) is 17.9. The molecule has 0 atom stereocenters. The van der Waals surface area contributed by atoms with Gasteiger partial charge in [-0.15, -0.1) is 0 Å². The molecular weight excluding hydrogens is 374 g/mol. The third kappa shape index (κ3) is 2.18. The van der Waals surface area contributed by atoms with E-state index in [1.54, 1.807) is 0 Å². The van der Waals surface area contributed by atoms with Crippen molar-refractivity contribution in [3.63, 3.8) is 0 Å². The van der Waals surface area contributed by atoms with Crippen LogP contribution in [0.4, 0.5) is 0 Å². The molecular formula is C20H13N5O2S. The maximum Gasteiger partial charge on any atom is 0.231 e. The van der Waals surface area contributed by atoms with Crippen LogP contribution >= 0.6 is 12.2 Å². The molecule has 3 aromatic heterocycles. The van der Waals surface area contributed by atoms with Gasteiger partial charge in [0.25, 0.3) is 0 Å². The highest BCUT2D eigenvalue weighted by atomic mass is 32.1. The molecule has 4 heterocycles. The first-order valence-corrected chi connectivity index (χ1v) is 9.13. The Balaban J connectivity index is 1.57. The number of imidazole rings is 1. The molecule has 136 valence electrons. The van der Waals surface area contributed by atoms with Gasteiger partial charge in [-0.3, -0.25) is 14.1 Å². The highest BCUT2D eigenvalue weighted by Gasteiger charge is 2.18. The van der Waals surface area contributed by atoms with Gasteiger partial charge in [-0.2, -0.15) is 5.10 Å². The summed E-state index contributed by atoms with van der Waals surface area (Å²) < 4.78 is 15.3. The Labute approximate surface area is 163 Å². The van der Waals surface area contributed by atoms with Gasteiger partial charge in [-0.05, 0) is 47.9 Å². The fourth-order valence-electron chi connectivity index (χ4n) is 3.56. The van der Waals surface area contributed by atoms with Crippen molar-refractivity contribution >= 4 is 28.8 Å². The zero-order chi connectivity index (χ0) is 18.7. The molecule has 0 aliphatic carbocycles. The smallest absolute Gasteiger partial charge is 0.231 e. The summed E-state index contributed by atoms with van der Waals surface area (Å²) >= 11 is 5.48. The van der Waals surface area contributed by atoms with Gasteiger partial charge in [0, 0.05) is 12.3 Å². The highest BCUT2D eigenvalue weighted by molar-refractivity contribution is 7.71. The van der Waals surface area contributed by atoms with E-state index in [0.29, 0.717) is 16.3 Å². The van der Waals surface area contributed by atoms with E-state index in [1.807, 2.05) is 47.2 Å². The molecule has 7 nitrogen and oxygen atoms in total. The molecule has 28 heavy (non-hydrogen) atoms. The average molecular weight is 387 g/mol. The standard InChI is InChI=1S/C20H13N5O2S/c28-20-23-22-19(25(20)13-6-7-16-17(9-13)27-11-26-16)14-10-24-15-4-2-1-3-12(15)5-8-18(24)21-14/h1-10H,11H2,(H,23,28). The molecule has 1 N–H and O–H groups in total. The zero-order valence-electron chi connectivity index (χ0n) is 14.5. The van der Waals surface area contributed by atoms with E-state index in [2.05, 4.69) is 32.8 Å². The van der Waals surface area contributed by atoms with E-state index >= 15 is 0 Å². The van der Waals surface area contributed by atoms with Gasteiger partial charge >= 0.3 is 0 Å². The summed E-state index contributed by atoms with van der Waals surface area (Å²) in [7, 11) is 0. The number of para-hydroxylation sites is 1. The molecule has 0 saturated heterocycles. The number of nitrogens with one attached hydrogen (secondary N) is 1. The number of aromatic nitrogens is 5. The second kappa shape index (κ2) is 5.67. The molecule has 0 unspecified atom stereocenters.